The van der Waals surface area contributed by atoms with Crippen LogP contribution in [0.3, 0.4) is 0 Å². The summed E-state index contributed by atoms with van der Waals surface area (Å²) in [4.78, 5) is 24.3. The molecule has 0 aliphatic heterocycles. The van der Waals surface area contributed by atoms with Crippen molar-refractivity contribution < 1.29 is 18.7 Å². The molecule has 2 rings (SSSR count). The molecule has 0 aliphatic rings. The molecule has 0 spiro atoms. The summed E-state index contributed by atoms with van der Waals surface area (Å²) in [5, 5.41) is 5.39. The lowest BCUT2D eigenvalue weighted by Crippen LogP contribution is -2.40. The molecule has 138 valence electrons. The molecular formula is C19H20BrFN2O3. The predicted octanol–water partition coefficient (Wildman–Crippen LogP) is 3.35. The van der Waals surface area contributed by atoms with Gasteiger partial charge in [0.05, 0.1) is 16.9 Å². The molecule has 0 radical (unpaired) electrons. The van der Waals surface area contributed by atoms with Gasteiger partial charge in [0.15, 0.2) is 6.10 Å². The molecule has 0 saturated heterocycles. The SMILES string of the molecule is CNC(=O)C[C@@H](NC(=O)[C@H](C)Oc1ccc(F)cc1Br)c1ccccc1. The molecule has 5 nitrogen and oxygen atoms in total. The summed E-state index contributed by atoms with van der Waals surface area (Å²) in [5.74, 6) is -0.611. The lowest BCUT2D eigenvalue weighted by atomic mass is 10.0. The topological polar surface area (TPSA) is 67.4 Å². The molecule has 0 saturated carbocycles. The second kappa shape index (κ2) is 9.33. The molecule has 2 aromatic rings. The third-order valence-electron chi connectivity index (χ3n) is 3.75. The third kappa shape index (κ3) is 5.56. The molecule has 2 amide bonds. The summed E-state index contributed by atoms with van der Waals surface area (Å²) < 4.78 is 19.2. The number of carbonyl (C=O) groups excluding carboxylic acids is 2. The smallest absolute Gasteiger partial charge is 0.261 e. The molecule has 0 heterocycles. The first-order chi connectivity index (χ1) is 12.4. The van der Waals surface area contributed by atoms with Crippen molar-refractivity contribution in [1.82, 2.24) is 10.6 Å². The molecule has 26 heavy (non-hydrogen) atoms. The van der Waals surface area contributed by atoms with Gasteiger partial charge in [0.2, 0.25) is 5.91 Å². The Bertz CT molecular complexity index is 771. The highest BCUT2D eigenvalue weighted by Crippen LogP contribution is 2.26. The van der Waals surface area contributed by atoms with E-state index in [1.165, 1.54) is 18.2 Å². The van der Waals surface area contributed by atoms with Gasteiger partial charge < -0.3 is 15.4 Å². The maximum absolute atomic E-state index is 13.2. The van der Waals surface area contributed by atoms with Gasteiger partial charge in [-0.05, 0) is 46.6 Å². The molecular weight excluding hydrogens is 403 g/mol. The molecule has 0 unspecified atom stereocenters. The Morgan fingerprint density at radius 1 is 1.19 bits per heavy atom. The van der Waals surface area contributed by atoms with Crippen molar-refractivity contribution in [2.45, 2.75) is 25.5 Å². The zero-order valence-corrected chi connectivity index (χ0v) is 16.0. The number of benzene rings is 2. The Labute approximate surface area is 160 Å². The van der Waals surface area contributed by atoms with Crippen LogP contribution >= 0.6 is 15.9 Å². The fourth-order valence-electron chi connectivity index (χ4n) is 2.33. The first-order valence-corrected chi connectivity index (χ1v) is 8.87. The van der Waals surface area contributed by atoms with E-state index in [1.54, 1.807) is 14.0 Å². The highest BCUT2D eigenvalue weighted by Gasteiger charge is 2.22. The van der Waals surface area contributed by atoms with E-state index in [0.717, 1.165) is 5.56 Å². The van der Waals surface area contributed by atoms with Crippen LogP contribution < -0.4 is 15.4 Å². The normalized spacial score (nSPS) is 12.8. The van der Waals surface area contributed by atoms with Crippen molar-refractivity contribution in [3.63, 3.8) is 0 Å². The zero-order valence-electron chi connectivity index (χ0n) is 14.5. The van der Waals surface area contributed by atoms with Gasteiger partial charge in [0, 0.05) is 7.05 Å². The van der Waals surface area contributed by atoms with Crippen LogP contribution in [0, 0.1) is 5.82 Å². The highest BCUT2D eigenvalue weighted by molar-refractivity contribution is 9.10. The van der Waals surface area contributed by atoms with E-state index in [9.17, 15) is 14.0 Å². The number of ether oxygens (including phenoxy) is 1. The van der Waals surface area contributed by atoms with E-state index in [4.69, 9.17) is 4.74 Å². The summed E-state index contributed by atoms with van der Waals surface area (Å²) in [6, 6.07) is 12.7. The molecule has 2 N–H and O–H groups in total. The lowest BCUT2D eigenvalue weighted by Gasteiger charge is -2.22. The first kappa shape index (κ1) is 19.9. The molecule has 7 heteroatoms. The van der Waals surface area contributed by atoms with Crippen LogP contribution in [0.15, 0.2) is 53.0 Å². The third-order valence-corrected chi connectivity index (χ3v) is 4.37. The average Bonchev–Trinajstić information content (AvgIpc) is 2.63. The summed E-state index contributed by atoms with van der Waals surface area (Å²) >= 11 is 3.20. The van der Waals surface area contributed by atoms with Crippen molar-refractivity contribution in [1.29, 1.82) is 0 Å². The van der Waals surface area contributed by atoms with Crippen LogP contribution in [0.25, 0.3) is 0 Å². The summed E-state index contributed by atoms with van der Waals surface area (Å²) in [7, 11) is 1.55. The molecule has 0 bridgehead atoms. The second-order valence-corrected chi connectivity index (χ2v) is 6.54. The number of rotatable bonds is 7. The first-order valence-electron chi connectivity index (χ1n) is 8.08. The van der Waals surface area contributed by atoms with Crippen molar-refractivity contribution in [3.8, 4) is 5.75 Å². The van der Waals surface area contributed by atoms with Crippen molar-refractivity contribution in [2.24, 2.45) is 0 Å². The number of halogens is 2. The number of carbonyl (C=O) groups is 2. The van der Waals surface area contributed by atoms with Gasteiger partial charge in [0.25, 0.3) is 5.91 Å². The van der Waals surface area contributed by atoms with Gasteiger partial charge in [-0.1, -0.05) is 30.3 Å². The lowest BCUT2D eigenvalue weighted by molar-refractivity contribution is -0.128. The Morgan fingerprint density at radius 2 is 1.88 bits per heavy atom. The van der Waals surface area contributed by atoms with Crippen LogP contribution in [0.1, 0.15) is 24.9 Å². The molecule has 0 fully saturated rings. The Balaban J connectivity index is 2.08. The Kier molecular flexibility index (Phi) is 7.15. The summed E-state index contributed by atoms with van der Waals surface area (Å²) in [6.07, 6.45) is -0.716. The quantitative estimate of drug-likeness (QED) is 0.718. The van der Waals surface area contributed by atoms with Crippen LogP contribution in [0.5, 0.6) is 5.75 Å². The maximum atomic E-state index is 13.2. The van der Waals surface area contributed by atoms with Crippen LogP contribution in [-0.2, 0) is 9.59 Å². The number of hydrogen-bond acceptors (Lipinski definition) is 3. The van der Waals surface area contributed by atoms with Gasteiger partial charge in [-0.3, -0.25) is 9.59 Å². The predicted molar refractivity (Wildman–Crippen MR) is 100 cm³/mol. The fourth-order valence-corrected chi connectivity index (χ4v) is 2.77. The molecule has 2 atom stereocenters. The molecule has 0 aromatic heterocycles. The van der Waals surface area contributed by atoms with Crippen LogP contribution in [0.2, 0.25) is 0 Å². The largest absolute Gasteiger partial charge is 0.480 e. The van der Waals surface area contributed by atoms with Crippen LogP contribution in [-0.4, -0.2) is 25.0 Å². The van der Waals surface area contributed by atoms with E-state index in [-0.39, 0.29) is 18.2 Å². The number of hydrogen-bond donors (Lipinski definition) is 2. The van der Waals surface area contributed by atoms with E-state index < -0.39 is 18.0 Å². The Hall–Kier alpha value is -2.41. The minimum Gasteiger partial charge on any atom is -0.480 e. The van der Waals surface area contributed by atoms with E-state index >= 15 is 0 Å². The van der Waals surface area contributed by atoms with Crippen LogP contribution in [0.4, 0.5) is 4.39 Å². The van der Waals surface area contributed by atoms with Gasteiger partial charge >= 0.3 is 0 Å². The minimum atomic E-state index is -0.826. The number of nitrogens with one attached hydrogen (secondary N) is 2. The standard InChI is InChI=1S/C19H20BrFN2O3/c1-12(26-17-9-8-14(21)10-15(17)20)19(25)23-16(11-18(24)22-2)13-6-4-3-5-7-13/h3-10,12,16H,11H2,1-2H3,(H,22,24)(H,23,25)/t12-,16+/m0/s1. The summed E-state index contributed by atoms with van der Waals surface area (Å²) in [5.41, 5.74) is 0.819. The monoisotopic (exact) mass is 422 g/mol. The highest BCUT2D eigenvalue weighted by atomic mass is 79.9. The minimum absolute atomic E-state index is 0.110. The zero-order chi connectivity index (χ0) is 19.1. The number of amides is 2. The maximum Gasteiger partial charge on any atom is 0.261 e. The van der Waals surface area contributed by atoms with Gasteiger partial charge in [0.1, 0.15) is 11.6 Å². The van der Waals surface area contributed by atoms with E-state index in [1.807, 2.05) is 30.3 Å². The molecule has 0 aliphatic carbocycles. The summed E-state index contributed by atoms with van der Waals surface area (Å²) in [6.45, 7) is 1.59. The second-order valence-electron chi connectivity index (χ2n) is 5.68. The van der Waals surface area contributed by atoms with Gasteiger partial charge in [-0.2, -0.15) is 0 Å². The van der Waals surface area contributed by atoms with Gasteiger partial charge in [-0.15, -0.1) is 0 Å². The Morgan fingerprint density at radius 3 is 2.50 bits per heavy atom. The van der Waals surface area contributed by atoms with Crippen molar-refractivity contribution >= 4 is 27.7 Å². The van der Waals surface area contributed by atoms with E-state index in [2.05, 4.69) is 26.6 Å². The van der Waals surface area contributed by atoms with Crippen molar-refractivity contribution in [3.05, 3.63) is 64.4 Å². The van der Waals surface area contributed by atoms with Crippen molar-refractivity contribution in [2.75, 3.05) is 7.05 Å². The van der Waals surface area contributed by atoms with Gasteiger partial charge in [-0.25, -0.2) is 4.39 Å². The van der Waals surface area contributed by atoms with E-state index in [0.29, 0.717) is 10.2 Å². The fraction of sp³-hybridized carbons (Fsp3) is 0.263. The average molecular weight is 423 g/mol. The molecule has 2 aromatic carbocycles.